The number of hydrogen-bond donors (Lipinski definition) is 1. The highest BCUT2D eigenvalue weighted by atomic mass is 19.1. The van der Waals surface area contributed by atoms with Gasteiger partial charge in [0.1, 0.15) is 11.6 Å². The largest absolute Gasteiger partial charge is 0.478 e. The summed E-state index contributed by atoms with van der Waals surface area (Å²) in [6.07, 6.45) is 3.47. The van der Waals surface area contributed by atoms with Crippen LogP contribution in [0.15, 0.2) is 30.6 Å². The summed E-state index contributed by atoms with van der Waals surface area (Å²) in [5.74, 6) is -0.516. The highest BCUT2D eigenvalue weighted by molar-refractivity contribution is 5.87. The van der Waals surface area contributed by atoms with Crippen molar-refractivity contribution < 1.29 is 14.3 Å². The van der Waals surface area contributed by atoms with Crippen LogP contribution in [0.2, 0.25) is 0 Å². The van der Waals surface area contributed by atoms with Gasteiger partial charge in [0.25, 0.3) is 0 Å². The average molecular weight is 262 g/mol. The van der Waals surface area contributed by atoms with Gasteiger partial charge in [0.15, 0.2) is 0 Å². The standard InChI is InChI=1S/C14H15FN2O2/c1-9(2)13-16-5-6-17(13)8-11-4-3-10(14(18)19)7-12(11)15/h3-7,9H,8H2,1-2H3,(H,18,19). The molecule has 5 heteroatoms. The topological polar surface area (TPSA) is 55.1 Å². The first-order valence-corrected chi connectivity index (χ1v) is 6.01. The summed E-state index contributed by atoms with van der Waals surface area (Å²) in [7, 11) is 0. The smallest absolute Gasteiger partial charge is 0.335 e. The van der Waals surface area contributed by atoms with E-state index in [1.807, 2.05) is 18.4 Å². The van der Waals surface area contributed by atoms with Crippen molar-refractivity contribution in [2.45, 2.75) is 26.3 Å². The first-order valence-electron chi connectivity index (χ1n) is 6.01. The van der Waals surface area contributed by atoms with Crippen LogP contribution < -0.4 is 0 Å². The van der Waals surface area contributed by atoms with Crippen LogP contribution >= 0.6 is 0 Å². The van der Waals surface area contributed by atoms with Gasteiger partial charge in [-0.25, -0.2) is 14.2 Å². The molecule has 0 amide bonds. The first kappa shape index (κ1) is 13.3. The van der Waals surface area contributed by atoms with Gasteiger partial charge in [-0.15, -0.1) is 0 Å². The minimum atomic E-state index is -1.13. The van der Waals surface area contributed by atoms with Gasteiger partial charge in [-0.3, -0.25) is 0 Å². The number of imidazole rings is 1. The molecule has 2 aromatic rings. The summed E-state index contributed by atoms with van der Waals surface area (Å²) >= 11 is 0. The number of aromatic nitrogens is 2. The molecule has 0 bridgehead atoms. The zero-order valence-electron chi connectivity index (χ0n) is 10.8. The number of carboxylic acid groups (broad SMARTS) is 1. The molecule has 0 aliphatic heterocycles. The van der Waals surface area contributed by atoms with Gasteiger partial charge in [-0.1, -0.05) is 19.9 Å². The van der Waals surface area contributed by atoms with Crippen LogP contribution in [0.4, 0.5) is 4.39 Å². The van der Waals surface area contributed by atoms with E-state index in [4.69, 9.17) is 5.11 Å². The van der Waals surface area contributed by atoms with Crippen LogP contribution in [0.5, 0.6) is 0 Å². The number of rotatable bonds is 4. The fourth-order valence-electron chi connectivity index (χ4n) is 1.95. The molecule has 0 saturated carbocycles. The lowest BCUT2D eigenvalue weighted by Gasteiger charge is -2.11. The van der Waals surface area contributed by atoms with E-state index in [-0.39, 0.29) is 11.5 Å². The summed E-state index contributed by atoms with van der Waals surface area (Å²) in [5, 5.41) is 8.79. The Balaban J connectivity index is 2.28. The minimum Gasteiger partial charge on any atom is -0.478 e. The lowest BCUT2D eigenvalue weighted by atomic mass is 10.1. The molecule has 19 heavy (non-hydrogen) atoms. The number of halogens is 1. The summed E-state index contributed by atoms with van der Waals surface area (Å²) in [4.78, 5) is 15.0. The molecule has 1 N–H and O–H groups in total. The fraction of sp³-hybridized carbons (Fsp3) is 0.286. The van der Waals surface area contributed by atoms with Crippen molar-refractivity contribution in [2.75, 3.05) is 0 Å². The highest BCUT2D eigenvalue weighted by Gasteiger charge is 2.11. The van der Waals surface area contributed by atoms with E-state index in [2.05, 4.69) is 4.98 Å². The van der Waals surface area contributed by atoms with Crippen molar-refractivity contribution in [3.63, 3.8) is 0 Å². The summed E-state index contributed by atoms with van der Waals surface area (Å²) in [6, 6.07) is 3.96. The molecule has 0 spiro atoms. The molecule has 0 fully saturated rings. The van der Waals surface area contributed by atoms with Gasteiger partial charge in [0.05, 0.1) is 12.1 Å². The minimum absolute atomic E-state index is 0.0454. The second-order valence-corrected chi connectivity index (χ2v) is 4.68. The molecule has 1 aromatic carbocycles. The van der Waals surface area contributed by atoms with E-state index in [9.17, 15) is 9.18 Å². The monoisotopic (exact) mass is 262 g/mol. The molecule has 0 aliphatic rings. The molecule has 100 valence electrons. The van der Waals surface area contributed by atoms with Crippen LogP contribution in [0.3, 0.4) is 0 Å². The Morgan fingerprint density at radius 1 is 1.47 bits per heavy atom. The SMILES string of the molecule is CC(C)c1nccn1Cc1ccc(C(=O)O)cc1F. The van der Waals surface area contributed by atoms with Crippen molar-refractivity contribution in [3.05, 3.63) is 53.4 Å². The van der Waals surface area contributed by atoms with Gasteiger partial charge >= 0.3 is 5.97 Å². The van der Waals surface area contributed by atoms with E-state index in [1.54, 1.807) is 12.4 Å². The summed E-state index contributed by atoms with van der Waals surface area (Å²) < 4.78 is 15.7. The number of aromatic carboxylic acids is 1. The third kappa shape index (κ3) is 2.81. The predicted octanol–water partition coefficient (Wildman–Crippen LogP) is 2.89. The van der Waals surface area contributed by atoms with Crippen molar-refractivity contribution in [2.24, 2.45) is 0 Å². The molecule has 2 rings (SSSR count). The second kappa shape index (κ2) is 5.22. The first-order chi connectivity index (χ1) is 8.99. The molecule has 1 aromatic heterocycles. The fourth-order valence-corrected chi connectivity index (χ4v) is 1.95. The molecular formula is C14H15FN2O2. The van der Waals surface area contributed by atoms with Gasteiger partial charge in [0.2, 0.25) is 0 Å². The summed E-state index contributed by atoms with van der Waals surface area (Å²) in [5.41, 5.74) is 0.404. The number of benzene rings is 1. The maximum Gasteiger partial charge on any atom is 0.335 e. The second-order valence-electron chi connectivity index (χ2n) is 4.68. The molecule has 0 unspecified atom stereocenters. The van der Waals surface area contributed by atoms with Gasteiger partial charge in [-0.2, -0.15) is 0 Å². The lowest BCUT2D eigenvalue weighted by molar-refractivity contribution is 0.0696. The van der Waals surface area contributed by atoms with Crippen LogP contribution in [0.1, 0.15) is 41.5 Å². The van der Waals surface area contributed by atoms with Crippen molar-refractivity contribution in [3.8, 4) is 0 Å². The zero-order chi connectivity index (χ0) is 14.0. The molecule has 4 nitrogen and oxygen atoms in total. The van der Waals surface area contributed by atoms with Crippen LogP contribution in [-0.2, 0) is 6.54 Å². The molecular weight excluding hydrogens is 247 g/mol. The number of hydrogen-bond acceptors (Lipinski definition) is 2. The van der Waals surface area contributed by atoms with Gasteiger partial charge in [-0.05, 0) is 12.1 Å². The molecule has 1 heterocycles. The Labute approximate surface area is 110 Å². The van der Waals surface area contributed by atoms with Crippen LogP contribution in [0.25, 0.3) is 0 Å². The normalized spacial score (nSPS) is 10.9. The van der Waals surface area contributed by atoms with Crippen LogP contribution in [-0.4, -0.2) is 20.6 Å². The van der Waals surface area contributed by atoms with E-state index in [1.165, 1.54) is 12.1 Å². The third-order valence-electron chi connectivity index (χ3n) is 2.90. The highest BCUT2D eigenvalue weighted by Crippen LogP contribution is 2.16. The Bertz CT molecular complexity index is 605. The van der Waals surface area contributed by atoms with Crippen LogP contribution in [0, 0.1) is 5.82 Å². The maximum atomic E-state index is 13.8. The number of carbonyl (C=O) groups is 1. The van der Waals surface area contributed by atoms with Crippen molar-refractivity contribution in [1.82, 2.24) is 9.55 Å². The predicted molar refractivity (Wildman–Crippen MR) is 68.8 cm³/mol. The van der Waals surface area contributed by atoms with Crippen molar-refractivity contribution in [1.29, 1.82) is 0 Å². The lowest BCUT2D eigenvalue weighted by Crippen LogP contribution is -2.08. The maximum absolute atomic E-state index is 13.8. The van der Waals surface area contributed by atoms with E-state index < -0.39 is 11.8 Å². The number of carboxylic acids is 1. The quantitative estimate of drug-likeness (QED) is 0.921. The summed E-state index contributed by atoms with van der Waals surface area (Å²) in [6.45, 7) is 4.38. The van der Waals surface area contributed by atoms with Gasteiger partial charge < -0.3 is 9.67 Å². The van der Waals surface area contributed by atoms with Gasteiger partial charge in [0, 0.05) is 23.9 Å². The molecule has 0 atom stereocenters. The average Bonchev–Trinajstić information content (AvgIpc) is 2.79. The van der Waals surface area contributed by atoms with Crippen molar-refractivity contribution >= 4 is 5.97 Å². The number of nitrogens with zero attached hydrogens (tertiary/aromatic N) is 2. The third-order valence-corrected chi connectivity index (χ3v) is 2.90. The molecule has 0 saturated heterocycles. The van der Waals surface area contributed by atoms with E-state index in [0.29, 0.717) is 12.1 Å². The zero-order valence-corrected chi connectivity index (χ0v) is 10.8. The molecule has 0 aliphatic carbocycles. The van der Waals surface area contributed by atoms with E-state index >= 15 is 0 Å². The van der Waals surface area contributed by atoms with E-state index in [0.717, 1.165) is 11.9 Å². The Morgan fingerprint density at radius 2 is 2.21 bits per heavy atom. The Morgan fingerprint density at radius 3 is 2.79 bits per heavy atom. The molecule has 0 radical (unpaired) electrons. The Hall–Kier alpha value is -2.17. The Kier molecular flexibility index (Phi) is 3.64.